The molecule has 0 saturated carbocycles. The third-order valence-electron chi connectivity index (χ3n) is 6.70. The van der Waals surface area contributed by atoms with Crippen molar-refractivity contribution in [3.05, 3.63) is 89.9 Å². The topological polar surface area (TPSA) is 105 Å². The van der Waals surface area contributed by atoms with E-state index in [1.807, 2.05) is 78.9 Å². The average Bonchev–Trinajstić information content (AvgIpc) is 2.90. The van der Waals surface area contributed by atoms with Gasteiger partial charge < -0.3 is 20.4 Å². The van der Waals surface area contributed by atoms with Crippen molar-refractivity contribution >= 4 is 40.9 Å². The van der Waals surface area contributed by atoms with Crippen LogP contribution in [-0.4, -0.2) is 77.6 Å². The molecule has 1 saturated heterocycles. The van der Waals surface area contributed by atoms with Crippen LogP contribution < -0.4 is 16.1 Å². The van der Waals surface area contributed by atoms with E-state index in [1.54, 1.807) is 24.1 Å². The van der Waals surface area contributed by atoms with E-state index < -0.39 is 0 Å². The van der Waals surface area contributed by atoms with Gasteiger partial charge in [-0.3, -0.25) is 25.0 Å². The van der Waals surface area contributed by atoms with Gasteiger partial charge in [0.05, 0.1) is 23.6 Å². The highest BCUT2D eigenvalue weighted by molar-refractivity contribution is 5.99. The van der Waals surface area contributed by atoms with Gasteiger partial charge in [0.25, 0.3) is 0 Å². The lowest BCUT2D eigenvalue weighted by atomic mass is 9.97. The number of carbonyl (C=O) groups excluding carboxylic acids is 2. The molecule has 2 aromatic rings. The van der Waals surface area contributed by atoms with Crippen LogP contribution in [-0.2, 0) is 9.59 Å². The van der Waals surface area contributed by atoms with Gasteiger partial charge in [-0.15, -0.1) is 0 Å². The number of likely N-dealkylation sites (N-methyl/N-ethyl adjacent to an activating group) is 1. The molecule has 4 heterocycles. The fourth-order valence-electron chi connectivity index (χ4n) is 4.53. The summed E-state index contributed by atoms with van der Waals surface area (Å²) in [6, 6.07) is 11.9. The highest BCUT2D eigenvalue weighted by Crippen LogP contribution is 2.33. The summed E-state index contributed by atoms with van der Waals surface area (Å²) in [5, 5.41) is 8.30. The first-order valence-corrected chi connectivity index (χ1v) is 13.3. The summed E-state index contributed by atoms with van der Waals surface area (Å²) in [6.07, 6.45) is 13.8. The Hall–Kier alpha value is -4.70. The van der Waals surface area contributed by atoms with Crippen molar-refractivity contribution in [1.82, 2.24) is 19.8 Å². The number of nitrogens with zero attached hydrogens (tertiary/aromatic N) is 5. The number of aliphatic imine (C=N–C) groups is 1. The summed E-state index contributed by atoms with van der Waals surface area (Å²) in [4.78, 5) is 36.5. The van der Waals surface area contributed by atoms with E-state index in [4.69, 9.17) is 0 Å². The normalized spacial score (nSPS) is 16.6. The minimum atomic E-state index is -0.172. The Bertz CT molecular complexity index is 1420. The zero-order chi connectivity index (χ0) is 28.1. The number of likely N-dealkylation sites (tertiary alicyclic amines) is 1. The number of pyridine rings is 1. The monoisotopic (exact) mass is 538 g/mol. The third-order valence-corrected chi connectivity index (χ3v) is 6.70. The number of amides is 2. The highest BCUT2D eigenvalue weighted by Gasteiger charge is 2.28. The standard InChI is InChI=1S/C30H34N8O2/c1-21(39)37-19-27(20-37)33-29-10-9-26(17-32-29)35-38-18-23-11-12-31-16-24(23)15-28(38)22-6-4-7-25(14-22)34-30(40)8-5-13-36(2)3/h4-10,12,14-18,27,35H,11,13,19-20H2,1-3H3,(H,32,33)(H,34,40)/b8-5+. The largest absolute Gasteiger partial charge is 0.364 e. The molecule has 0 atom stereocenters. The zero-order valence-electron chi connectivity index (χ0n) is 23.0. The first-order chi connectivity index (χ1) is 19.3. The van der Waals surface area contributed by atoms with Crippen LogP contribution in [0.3, 0.4) is 0 Å². The van der Waals surface area contributed by atoms with Gasteiger partial charge in [0, 0.05) is 68.9 Å². The van der Waals surface area contributed by atoms with Crippen molar-refractivity contribution in [3.63, 3.8) is 0 Å². The molecule has 0 aliphatic carbocycles. The molecule has 40 heavy (non-hydrogen) atoms. The second-order valence-corrected chi connectivity index (χ2v) is 10.2. The van der Waals surface area contributed by atoms with Gasteiger partial charge in [-0.25, -0.2) is 4.98 Å². The molecule has 206 valence electrons. The molecule has 1 fully saturated rings. The predicted octanol–water partition coefficient (Wildman–Crippen LogP) is 3.71. The van der Waals surface area contributed by atoms with E-state index in [0.717, 1.165) is 40.3 Å². The van der Waals surface area contributed by atoms with Crippen LogP contribution in [0.5, 0.6) is 0 Å². The molecule has 3 N–H and O–H groups in total. The SMILES string of the molecule is CC(=O)N1CC(Nc2ccc(NN3C=C4CC=NC=C4C=C3c3cccc(NC(=O)/C=C/CN(C)C)c3)cn2)C1. The molecule has 1 aromatic carbocycles. The summed E-state index contributed by atoms with van der Waals surface area (Å²) in [5.41, 5.74) is 9.03. The Morgan fingerprint density at radius 3 is 2.75 bits per heavy atom. The number of benzene rings is 1. The highest BCUT2D eigenvalue weighted by atomic mass is 16.2. The predicted molar refractivity (Wildman–Crippen MR) is 159 cm³/mol. The van der Waals surface area contributed by atoms with Gasteiger partial charge in [0.15, 0.2) is 0 Å². The van der Waals surface area contributed by atoms with Crippen molar-refractivity contribution in [2.45, 2.75) is 19.4 Å². The van der Waals surface area contributed by atoms with E-state index in [-0.39, 0.29) is 17.9 Å². The minimum Gasteiger partial charge on any atom is -0.364 e. The molecular formula is C30H34N8O2. The maximum atomic E-state index is 12.4. The lowest BCUT2D eigenvalue weighted by Gasteiger charge is -2.39. The van der Waals surface area contributed by atoms with Crippen LogP contribution >= 0.6 is 0 Å². The number of anilines is 3. The van der Waals surface area contributed by atoms with Gasteiger partial charge >= 0.3 is 0 Å². The Morgan fingerprint density at radius 2 is 2.00 bits per heavy atom. The van der Waals surface area contributed by atoms with Gasteiger partial charge in [-0.1, -0.05) is 18.2 Å². The molecule has 0 bridgehead atoms. The van der Waals surface area contributed by atoms with Crippen molar-refractivity contribution in [1.29, 1.82) is 0 Å². The fourth-order valence-corrected chi connectivity index (χ4v) is 4.53. The first-order valence-electron chi connectivity index (χ1n) is 13.3. The van der Waals surface area contributed by atoms with Crippen LogP contribution in [0.1, 0.15) is 18.9 Å². The molecule has 3 aliphatic rings. The number of aromatic nitrogens is 1. The minimum absolute atomic E-state index is 0.0945. The lowest BCUT2D eigenvalue weighted by Crippen LogP contribution is -2.56. The molecule has 2 amide bonds. The fraction of sp³-hybridized carbons (Fsp3) is 0.267. The summed E-state index contributed by atoms with van der Waals surface area (Å²) in [6.45, 7) is 3.66. The Labute approximate surface area is 234 Å². The molecule has 10 heteroatoms. The number of rotatable bonds is 9. The van der Waals surface area contributed by atoms with Crippen LogP contribution in [0.25, 0.3) is 5.70 Å². The Balaban J connectivity index is 1.31. The number of hydrogen-bond acceptors (Lipinski definition) is 8. The summed E-state index contributed by atoms with van der Waals surface area (Å²) >= 11 is 0. The van der Waals surface area contributed by atoms with Gasteiger partial charge in [0.1, 0.15) is 5.82 Å². The van der Waals surface area contributed by atoms with Crippen molar-refractivity contribution in [2.75, 3.05) is 49.8 Å². The number of nitrogens with one attached hydrogen (secondary N) is 3. The molecule has 0 spiro atoms. The number of hydrogen-bond donors (Lipinski definition) is 3. The van der Waals surface area contributed by atoms with Crippen LogP contribution in [0, 0.1) is 0 Å². The van der Waals surface area contributed by atoms with E-state index in [9.17, 15) is 9.59 Å². The van der Waals surface area contributed by atoms with Crippen LogP contribution in [0.15, 0.2) is 89.4 Å². The molecule has 5 rings (SSSR count). The maximum Gasteiger partial charge on any atom is 0.248 e. The van der Waals surface area contributed by atoms with Crippen molar-refractivity contribution in [3.8, 4) is 0 Å². The molecule has 1 aromatic heterocycles. The molecular weight excluding hydrogens is 504 g/mol. The van der Waals surface area contributed by atoms with Gasteiger partial charge in [-0.2, -0.15) is 0 Å². The van der Waals surface area contributed by atoms with Crippen molar-refractivity contribution < 1.29 is 9.59 Å². The first kappa shape index (κ1) is 26.9. The Kier molecular flexibility index (Phi) is 8.07. The molecule has 10 nitrogen and oxygen atoms in total. The number of allylic oxidation sites excluding steroid dienone is 3. The smallest absolute Gasteiger partial charge is 0.248 e. The van der Waals surface area contributed by atoms with E-state index in [0.29, 0.717) is 25.3 Å². The molecule has 0 radical (unpaired) electrons. The molecule has 0 unspecified atom stereocenters. The average molecular weight is 539 g/mol. The summed E-state index contributed by atoms with van der Waals surface area (Å²) in [7, 11) is 3.91. The van der Waals surface area contributed by atoms with Gasteiger partial charge in [0.2, 0.25) is 11.8 Å². The summed E-state index contributed by atoms with van der Waals surface area (Å²) in [5.74, 6) is 0.689. The second kappa shape index (κ2) is 12.0. The van der Waals surface area contributed by atoms with E-state index >= 15 is 0 Å². The quantitative estimate of drug-likeness (QED) is 0.418. The second-order valence-electron chi connectivity index (χ2n) is 10.2. The lowest BCUT2D eigenvalue weighted by molar-refractivity contribution is -0.132. The number of hydrazine groups is 1. The van der Waals surface area contributed by atoms with Crippen LogP contribution in [0.2, 0.25) is 0 Å². The molecule has 3 aliphatic heterocycles. The summed E-state index contributed by atoms with van der Waals surface area (Å²) < 4.78 is 0. The number of carbonyl (C=O) groups is 2. The third kappa shape index (κ3) is 6.65. The number of fused-ring (bicyclic) bond motifs is 1. The van der Waals surface area contributed by atoms with Crippen molar-refractivity contribution in [2.24, 2.45) is 4.99 Å². The maximum absolute atomic E-state index is 12.4. The zero-order valence-corrected chi connectivity index (χ0v) is 23.0. The van der Waals surface area contributed by atoms with E-state index in [1.165, 1.54) is 0 Å². The van der Waals surface area contributed by atoms with E-state index in [2.05, 4.69) is 38.3 Å². The van der Waals surface area contributed by atoms with Gasteiger partial charge in [-0.05, 0) is 55.6 Å². The Morgan fingerprint density at radius 1 is 1.15 bits per heavy atom. The van der Waals surface area contributed by atoms with Crippen LogP contribution in [0.4, 0.5) is 17.2 Å².